The third kappa shape index (κ3) is 6.23. The van der Waals surface area contributed by atoms with Crippen molar-refractivity contribution < 1.29 is 27.8 Å². The summed E-state index contributed by atoms with van der Waals surface area (Å²) in [6.45, 7) is 3.53. The first-order chi connectivity index (χ1) is 13.1. The van der Waals surface area contributed by atoms with Crippen LogP contribution >= 0.6 is 0 Å². The number of hydrogen-bond acceptors (Lipinski definition) is 3. The zero-order chi connectivity index (χ0) is 20.8. The van der Waals surface area contributed by atoms with Crippen molar-refractivity contribution in [3.05, 3.63) is 77.4 Å². The molecule has 1 atom stereocenters. The van der Waals surface area contributed by atoms with Crippen LogP contribution in [0.4, 0.5) is 13.2 Å². The first-order valence-electron chi connectivity index (χ1n) is 8.88. The number of esters is 1. The largest absolute Gasteiger partial charge is 0.461 e. The highest BCUT2D eigenvalue weighted by molar-refractivity contribution is 5.71. The van der Waals surface area contributed by atoms with Gasteiger partial charge < -0.3 is 9.84 Å². The fourth-order valence-electron chi connectivity index (χ4n) is 2.54. The monoisotopic (exact) mass is 392 g/mol. The molecule has 1 N–H and O–H groups in total. The van der Waals surface area contributed by atoms with Gasteiger partial charge in [-0.2, -0.15) is 13.2 Å². The van der Waals surface area contributed by atoms with Crippen molar-refractivity contribution in [1.29, 1.82) is 0 Å². The van der Waals surface area contributed by atoms with E-state index in [1.165, 1.54) is 24.3 Å². The molecule has 6 heteroatoms. The Morgan fingerprint density at radius 1 is 1.11 bits per heavy atom. The Balaban J connectivity index is 2.08. The summed E-state index contributed by atoms with van der Waals surface area (Å²) >= 11 is 0. The van der Waals surface area contributed by atoms with Crippen molar-refractivity contribution in [3.8, 4) is 0 Å². The molecule has 0 aliphatic heterocycles. The summed E-state index contributed by atoms with van der Waals surface area (Å²) in [4.78, 5) is 12.2. The van der Waals surface area contributed by atoms with Gasteiger partial charge in [0.2, 0.25) is 0 Å². The second kappa shape index (κ2) is 9.06. The van der Waals surface area contributed by atoms with Gasteiger partial charge in [0.15, 0.2) is 0 Å². The van der Waals surface area contributed by atoms with Crippen LogP contribution in [-0.2, 0) is 22.3 Å². The molecule has 0 spiro atoms. The van der Waals surface area contributed by atoms with Crippen LogP contribution in [0.1, 0.15) is 37.0 Å². The van der Waals surface area contributed by atoms with Crippen molar-refractivity contribution in [3.63, 3.8) is 0 Å². The third-order valence-corrected chi connectivity index (χ3v) is 4.45. The van der Waals surface area contributed by atoms with E-state index in [9.17, 15) is 23.1 Å². The lowest BCUT2D eigenvalue weighted by Gasteiger charge is -2.28. The summed E-state index contributed by atoms with van der Waals surface area (Å²) in [6.07, 6.45) is -2.00. The first-order valence-corrected chi connectivity index (χ1v) is 8.88. The quantitative estimate of drug-likeness (QED) is 0.656. The minimum absolute atomic E-state index is 0.0885. The van der Waals surface area contributed by atoms with Crippen LogP contribution < -0.4 is 0 Å². The Morgan fingerprint density at radius 2 is 1.79 bits per heavy atom. The molecule has 0 aliphatic carbocycles. The van der Waals surface area contributed by atoms with E-state index in [-0.39, 0.29) is 24.5 Å². The molecule has 0 bridgehead atoms. The van der Waals surface area contributed by atoms with Crippen LogP contribution in [0.5, 0.6) is 0 Å². The van der Waals surface area contributed by atoms with Crippen molar-refractivity contribution >= 4 is 12.0 Å². The van der Waals surface area contributed by atoms with E-state index in [2.05, 4.69) is 0 Å². The number of halogens is 3. The Labute approximate surface area is 162 Å². The first kappa shape index (κ1) is 21.7. The van der Waals surface area contributed by atoms with Gasteiger partial charge in [-0.3, -0.25) is 4.79 Å². The fraction of sp³-hybridized carbons (Fsp3) is 0.318. The van der Waals surface area contributed by atoms with Crippen LogP contribution in [0, 0.1) is 5.92 Å². The molecule has 0 aliphatic rings. The third-order valence-electron chi connectivity index (χ3n) is 4.45. The molecule has 0 saturated carbocycles. The highest BCUT2D eigenvalue weighted by atomic mass is 19.4. The molecular weight excluding hydrogens is 369 g/mol. The lowest BCUT2D eigenvalue weighted by atomic mass is 9.86. The summed E-state index contributed by atoms with van der Waals surface area (Å²) < 4.78 is 43.7. The maximum Gasteiger partial charge on any atom is 0.416 e. The topological polar surface area (TPSA) is 46.5 Å². The van der Waals surface area contributed by atoms with Gasteiger partial charge in [0.1, 0.15) is 6.61 Å². The van der Waals surface area contributed by atoms with Gasteiger partial charge in [-0.1, -0.05) is 68.5 Å². The number of rotatable bonds is 7. The van der Waals surface area contributed by atoms with Crippen molar-refractivity contribution in [2.24, 2.45) is 5.92 Å². The van der Waals surface area contributed by atoms with E-state index in [0.717, 1.165) is 17.7 Å². The van der Waals surface area contributed by atoms with E-state index in [1.807, 2.05) is 30.3 Å². The standard InChI is InChI=1S/C22H23F3O3/c1-16(2)21(27,14-20(26)28-15-18-7-4-3-5-8-18)12-11-17-9-6-10-19(13-17)22(23,24)25/h3-13,16,27H,14-15H2,1-2H3. The fourth-order valence-corrected chi connectivity index (χ4v) is 2.54. The Kier molecular flexibility index (Phi) is 7.02. The zero-order valence-electron chi connectivity index (χ0n) is 15.7. The highest BCUT2D eigenvalue weighted by Crippen LogP contribution is 2.30. The maximum atomic E-state index is 12.8. The Bertz CT molecular complexity index is 813. The molecule has 0 fully saturated rings. The minimum Gasteiger partial charge on any atom is -0.461 e. The summed E-state index contributed by atoms with van der Waals surface area (Å²) in [5.41, 5.74) is -1.21. The molecule has 0 amide bonds. The molecule has 2 aromatic rings. The lowest BCUT2D eigenvalue weighted by Crippen LogP contribution is -2.35. The minimum atomic E-state index is -4.44. The Morgan fingerprint density at radius 3 is 2.39 bits per heavy atom. The number of hydrogen-bond donors (Lipinski definition) is 1. The molecule has 1 unspecified atom stereocenters. The van der Waals surface area contributed by atoms with Crippen molar-refractivity contribution in [2.45, 2.75) is 38.7 Å². The molecule has 28 heavy (non-hydrogen) atoms. The molecule has 2 rings (SSSR count). The SMILES string of the molecule is CC(C)C(O)(C=Cc1cccc(C(F)(F)F)c1)CC(=O)OCc1ccccc1. The zero-order valence-corrected chi connectivity index (χ0v) is 15.7. The predicted molar refractivity (Wildman–Crippen MR) is 101 cm³/mol. The summed E-state index contributed by atoms with van der Waals surface area (Å²) in [5, 5.41) is 10.8. The van der Waals surface area contributed by atoms with Gasteiger partial charge in [-0.25, -0.2) is 0 Å². The van der Waals surface area contributed by atoms with Gasteiger partial charge >= 0.3 is 12.1 Å². The number of carbonyl (C=O) groups excluding carboxylic acids is 1. The summed E-state index contributed by atoms with van der Waals surface area (Å²) in [6, 6.07) is 13.9. The molecule has 0 aromatic heterocycles. The second-order valence-electron chi connectivity index (χ2n) is 6.93. The number of aliphatic hydroxyl groups is 1. The molecule has 0 heterocycles. The number of alkyl halides is 3. The van der Waals surface area contributed by atoms with Crippen LogP contribution in [0.2, 0.25) is 0 Å². The molecule has 3 nitrogen and oxygen atoms in total. The van der Waals surface area contributed by atoms with Gasteiger partial charge in [-0.05, 0) is 29.2 Å². The van der Waals surface area contributed by atoms with Gasteiger partial charge in [0, 0.05) is 0 Å². The van der Waals surface area contributed by atoms with E-state index >= 15 is 0 Å². The van der Waals surface area contributed by atoms with Crippen LogP contribution in [-0.4, -0.2) is 16.7 Å². The van der Waals surface area contributed by atoms with Gasteiger partial charge in [0.25, 0.3) is 0 Å². The maximum absolute atomic E-state index is 12.8. The number of ether oxygens (including phenoxy) is 1. The highest BCUT2D eigenvalue weighted by Gasteiger charge is 2.32. The van der Waals surface area contributed by atoms with Crippen molar-refractivity contribution in [2.75, 3.05) is 0 Å². The van der Waals surface area contributed by atoms with E-state index in [4.69, 9.17) is 4.74 Å². The lowest BCUT2D eigenvalue weighted by molar-refractivity contribution is -0.150. The van der Waals surface area contributed by atoms with Crippen LogP contribution in [0.25, 0.3) is 6.08 Å². The van der Waals surface area contributed by atoms with Crippen molar-refractivity contribution in [1.82, 2.24) is 0 Å². The predicted octanol–water partition coefficient (Wildman–Crippen LogP) is 5.24. The summed E-state index contributed by atoms with van der Waals surface area (Å²) in [5.74, 6) is -0.937. The average Bonchev–Trinajstić information content (AvgIpc) is 2.65. The summed E-state index contributed by atoms with van der Waals surface area (Å²) in [7, 11) is 0. The normalized spacial score (nSPS) is 14.2. The number of carbonyl (C=O) groups is 1. The Hall–Kier alpha value is -2.60. The molecule has 0 radical (unpaired) electrons. The smallest absolute Gasteiger partial charge is 0.416 e. The van der Waals surface area contributed by atoms with Crippen LogP contribution in [0.15, 0.2) is 60.7 Å². The molecule has 0 saturated heterocycles. The van der Waals surface area contributed by atoms with E-state index in [0.29, 0.717) is 0 Å². The van der Waals surface area contributed by atoms with Gasteiger partial charge in [-0.15, -0.1) is 0 Å². The average molecular weight is 392 g/mol. The van der Waals surface area contributed by atoms with Crippen LogP contribution in [0.3, 0.4) is 0 Å². The van der Waals surface area contributed by atoms with Gasteiger partial charge in [0.05, 0.1) is 17.6 Å². The molecule has 2 aromatic carbocycles. The number of benzene rings is 2. The van der Waals surface area contributed by atoms with E-state index < -0.39 is 23.3 Å². The molecular formula is C22H23F3O3. The second-order valence-corrected chi connectivity index (χ2v) is 6.93. The molecule has 150 valence electrons. The van der Waals surface area contributed by atoms with E-state index in [1.54, 1.807) is 13.8 Å².